The lowest BCUT2D eigenvalue weighted by molar-refractivity contribution is -0.0207. The van der Waals surface area contributed by atoms with E-state index in [1.165, 1.54) is 36.1 Å². The van der Waals surface area contributed by atoms with Gasteiger partial charge in [-0.3, -0.25) is 4.79 Å². The first kappa shape index (κ1) is 27.2. The number of ether oxygens (including phenoxy) is 2. The van der Waals surface area contributed by atoms with E-state index in [0.29, 0.717) is 25.3 Å². The number of fused-ring (bicyclic) bond motifs is 1. The quantitative estimate of drug-likeness (QED) is 0.520. The number of piperidine rings is 1. The van der Waals surface area contributed by atoms with Gasteiger partial charge in [-0.05, 0) is 45.4 Å². The first-order valence-corrected chi connectivity index (χ1v) is 12.8. The van der Waals surface area contributed by atoms with Gasteiger partial charge in [0.2, 0.25) is 0 Å². The van der Waals surface area contributed by atoms with E-state index >= 15 is 4.39 Å². The van der Waals surface area contributed by atoms with Crippen molar-refractivity contribution >= 4 is 17.8 Å². The molecule has 2 aromatic heterocycles. The summed E-state index contributed by atoms with van der Waals surface area (Å²) >= 11 is 0. The third kappa shape index (κ3) is 5.01. The molecule has 208 valence electrons. The molecule has 5 rings (SSSR count). The highest BCUT2D eigenvalue weighted by atomic mass is 19.1. The molecule has 0 bridgehead atoms. The second-order valence-corrected chi connectivity index (χ2v) is 10.7. The molecule has 0 aliphatic carbocycles. The maximum absolute atomic E-state index is 15.0. The van der Waals surface area contributed by atoms with Crippen molar-refractivity contribution < 1.29 is 28.6 Å². The molecule has 4 heterocycles. The van der Waals surface area contributed by atoms with E-state index in [-0.39, 0.29) is 46.4 Å². The topological polar surface area (TPSA) is 134 Å². The van der Waals surface area contributed by atoms with Gasteiger partial charge in [0.25, 0.3) is 5.91 Å². The van der Waals surface area contributed by atoms with Gasteiger partial charge >= 0.3 is 6.09 Å². The predicted molar refractivity (Wildman–Crippen MR) is 141 cm³/mol. The van der Waals surface area contributed by atoms with Crippen molar-refractivity contribution in [2.45, 2.75) is 51.5 Å². The Morgan fingerprint density at radius 2 is 2.02 bits per heavy atom. The zero-order chi connectivity index (χ0) is 28.8. The summed E-state index contributed by atoms with van der Waals surface area (Å²) < 4.78 is 27.3. The number of methoxy groups -OCH3 is 1. The maximum atomic E-state index is 15.0. The molecule has 1 saturated heterocycles. The molecule has 1 aromatic carbocycles. The molecule has 3 aromatic rings. The normalized spacial score (nSPS) is 19.0. The van der Waals surface area contributed by atoms with Crippen molar-refractivity contribution in [2.24, 2.45) is 0 Å². The number of halogens is 1. The standard InChI is InChI=1S/C28H29FN6O5/c1-28(2,3)40-27(38)34-14-19-25(26(34)37)20(12-18(31-19)24-16(13-30)6-5-7-17(24)29)35-11-9-23(32-35)33-10-8-21(36)22(15-33)39-4/h5-7,9,11-12,21-22,36H,8,10,14-15H2,1-4H3/t21-,22-/m1/s1. The van der Waals surface area contributed by atoms with Crippen LogP contribution < -0.4 is 4.90 Å². The van der Waals surface area contributed by atoms with Crippen LogP contribution in [0.25, 0.3) is 16.9 Å². The first-order chi connectivity index (χ1) is 19.0. The highest BCUT2D eigenvalue weighted by molar-refractivity contribution is 6.08. The number of carbonyl (C=O) groups excluding carboxylic acids is 2. The van der Waals surface area contributed by atoms with Crippen LogP contribution in [0.4, 0.5) is 15.0 Å². The van der Waals surface area contributed by atoms with E-state index in [0.717, 1.165) is 4.90 Å². The molecular formula is C28H29FN6O5. The number of rotatable bonds is 4. The number of aromatic nitrogens is 3. The zero-order valence-electron chi connectivity index (χ0n) is 22.6. The number of carbonyl (C=O) groups is 2. The average molecular weight is 549 g/mol. The van der Waals surface area contributed by atoms with Crippen molar-refractivity contribution in [3.8, 4) is 23.0 Å². The number of anilines is 1. The minimum absolute atomic E-state index is 0.0162. The zero-order valence-corrected chi connectivity index (χ0v) is 22.6. The van der Waals surface area contributed by atoms with E-state index in [2.05, 4.69) is 10.1 Å². The number of hydrogen-bond donors (Lipinski definition) is 1. The summed E-state index contributed by atoms with van der Waals surface area (Å²) in [5.74, 6) is -0.687. The van der Waals surface area contributed by atoms with Crippen LogP contribution in [-0.2, 0) is 16.0 Å². The van der Waals surface area contributed by atoms with Gasteiger partial charge in [-0.15, -0.1) is 0 Å². The Hall–Kier alpha value is -4.34. The molecule has 2 atom stereocenters. The molecular weight excluding hydrogens is 519 g/mol. The Kier molecular flexibility index (Phi) is 7.03. The first-order valence-electron chi connectivity index (χ1n) is 12.8. The second kappa shape index (κ2) is 10.3. The molecule has 12 heteroatoms. The Balaban J connectivity index is 1.61. The minimum Gasteiger partial charge on any atom is -0.443 e. The molecule has 2 aliphatic rings. The molecule has 0 saturated carbocycles. The Morgan fingerprint density at radius 1 is 1.25 bits per heavy atom. The molecule has 0 unspecified atom stereocenters. The molecule has 0 radical (unpaired) electrons. The van der Waals surface area contributed by atoms with Crippen LogP contribution in [-0.4, -0.2) is 74.8 Å². The van der Waals surface area contributed by atoms with Gasteiger partial charge in [-0.1, -0.05) is 6.07 Å². The number of imide groups is 1. The largest absolute Gasteiger partial charge is 0.443 e. The molecule has 2 aliphatic heterocycles. The van der Waals surface area contributed by atoms with Gasteiger partial charge in [0.15, 0.2) is 5.82 Å². The Morgan fingerprint density at radius 3 is 2.73 bits per heavy atom. The lowest BCUT2D eigenvalue weighted by atomic mass is 10.0. The van der Waals surface area contributed by atoms with E-state index < -0.39 is 29.5 Å². The summed E-state index contributed by atoms with van der Waals surface area (Å²) in [6, 6.07) is 9.38. The van der Waals surface area contributed by atoms with Crippen LogP contribution in [0, 0.1) is 17.1 Å². The van der Waals surface area contributed by atoms with Crippen LogP contribution >= 0.6 is 0 Å². The molecule has 40 heavy (non-hydrogen) atoms. The van der Waals surface area contributed by atoms with Gasteiger partial charge < -0.3 is 19.5 Å². The summed E-state index contributed by atoms with van der Waals surface area (Å²) in [7, 11) is 1.54. The van der Waals surface area contributed by atoms with E-state index in [1.54, 1.807) is 33.0 Å². The Labute approximate surface area is 230 Å². The smallest absolute Gasteiger partial charge is 0.417 e. The lowest BCUT2D eigenvalue weighted by Crippen LogP contribution is -2.47. The fraction of sp³-hybridized carbons (Fsp3) is 0.393. The number of hydrogen-bond acceptors (Lipinski definition) is 9. The number of aliphatic hydroxyl groups is 1. The van der Waals surface area contributed by atoms with Crippen LogP contribution in [0.2, 0.25) is 0 Å². The van der Waals surface area contributed by atoms with Crippen LogP contribution in [0.1, 0.15) is 48.8 Å². The summed E-state index contributed by atoms with van der Waals surface area (Å²) in [6.07, 6.45) is 0.349. The maximum Gasteiger partial charge on any atom is 0.417 e. The fourth-order valence-electron chi connectivity index (χ4n) is 4.90. The number of pyridine rings is 1. The third-order valence-corrected chi connectivity index (χ3v) is 6.82. The molecule has 2 amide bonds. The van der Waals surface area contributed by atoms with Gasteiger partial charge in [-0.25, -0.2) is 23.8 Å². The number of benzene rings is 1. The predicted octanol–water partition coefficient (Wildman–Crippen LogP) is 3.42. The minimum atomic E-state index is -0.832. The van der Waals surface area contributed by atoms with Crippen molar-refractivity contribution in [2.75, 3.05) is 25.1 Å². The van der Waals surface area contributed by atoms with Gasteiger partial charge in [0.05, 0.1) is 52.5 Å². The number of nitriles is 1. The molecule has 1 fully saturated rings. The van der Waals surface area contributed by atoms with E-state index in [1.807, 2.05) is 11.0 Å². The summed E-state index contributed by atoms with van der Waals surface area (Å²) in [6.45, 7) is 5.86. The summed E-state index contributed by atoms with van der Waals surface area (Å²) in [5, 5.41) is 24.5. The van der Waals surface area contributed by atoms with Crippen molar-refractivity contribution in [3.63, 3.8) is 0 Å². The molecule has 11 nitrogen and oxygen atoms in total. The van der Waals surface area contributed by atoms with Gasteiger partial charge in [0.1, 0.15) is 17.5 Å². The van der Waals surface area contributed by atoms with Crippen molar-refractivity contribution in [3.05, 3.63) is 59.2 Å². The summed E-state index contributed by atoms with van der Waals surface area (Å²) in [5.41, 5.74) is -0.0185. The monoisotopic (exact) mass is 548 g/mol. The summed E-state index contributed by atoms with van der Waals surface area (Å²) in [4.78, 5) is 33.9. The fourth-order valence-corrected chi connectivity index (χ4v) is 4.90. The van der Waals surface area contributed by atoms with Crippen LogP contribution in [0.15, 0.2) is 36.5 Å². The van der Waals surface area contributed by atoms with E-state index in [9.17, 15) is 20.0 Å². The van der Waals surface area contributed by atoms with E-state index in [4.69, 9.17) is 9.47 Å². The Bertz CT molecular complexity index is 1520. The highest BCUT2D eigenvalue weighted by Gasteiger charge is 2.39. The van der Waals surface area contributed by atoms with Gasteiger partial charge in [-0.2, -0.15) is 10.4 Å². The van der Waals surface area contributed by atoms with Crippen molar-refractivity contribution in [1.29, 1.82) is 5.26 Å². The third-order valence-electron chi connectivity index (χ3n) is 6.82. The second-order valence-electron chi connectivity index (χ2n) is 10.7. The van der Waals surface area contributed by atoms with Crippen LogP contribution in [0.5, 0.6) is 0 Å². The lowest BCUT2D eigenvalue weighted by Gasteiger charge is -2.35. The van der Waals surface area contributed by atoms with Gasteiger partial charge in [0, 0.05) is 32.5 Å². The molecule has 1 N–H and O–H groups in total. The number of amides is 2. The number of aliphatic hydroxyl groups excluding tert-OH is 1. The highest BCUT2D eigenvalue weighted by Crippen LogP contribution is 2.34. The SMILES string of the molecule is CO[C@@H]1CN(c2ccn(-c3cc(-c4c(F)cccc4C#N)nc4c3C(=O)N(C(=O)OC(C)(C)C)C4)n2)CC[C@H]1O. The van der Waals surface area contributed by atoms with Crippen LogP contribution in [0.3, 0.4) is 0 Å². The van der Waals surface area contributed by atoms with Crippen molar-refractivity contribution in [1.82, 2.24) is 19.7 Å². The average Bonchev–Trinajstić information content (AvgIpc) is 3.52. The molecule has 0 spiro atoms. The number of nitrogens with zero attached hydrogens (tertiary/aromatic N) is 6.